The fourth-order valence-electron chi connectivity index (χ4n) is 5.99. The average molecular weight is 465 g/mol. The predicted molar refractivity (Wildman–Crippen MR) is 136 cm³/mol. The van der Waals surface area contributed by atoms with Crippen LogP contribution in [0.3, 0.4) is 0 Å². The molecule has 0 fully saturated rings. The van der Waals surface area contributed by atoms with Gasteiger partial charge in [-0.15, -0.1) is 0 Å². The van der Waals surface area contributed by atoms with Gasteiger partial charge in [-0.05, 0) is 41.0 Å². The number of rotatable bonds is 4. The molecule has 0 saturated heterocycles. The highest BCUT2D eigenvalue weighted by molar-refractivity contribution is 6.18. The number of pyridine rings is 1. The van der Waals surface area contributed by atoms with Crippen molar-refractivity contribution in [3.63, 3.8) is 0 Å². The molecule has 174 valence electrons. The van der Waals surface area contributed by atoms with Gasteiger partial charge in [0, 0.05) is 23.1 Å². The van der Waals surface area contributed by atoms with Crippen LogP contribution in [-0.4, -0.2) is 21.0 Å². The fraction of sp³-hybridized carbons (Fsp3) is 0.233. The lowest BCUT2D eigenvalue weighted by Crippen LogP contribution is -2.38. The first-order valence-corrected chi connectivity index (χ1v) is 12.0. The van der Waals surface area contributed by atoms with Crippen molar-refractivity contribution in [2.45, 2.75) is 25.8 Å². The second-order valence-electron chi connectivity index (χ2n) is 9.35. The number of hydrogen-bond donors (Lipinski definition) is 0. The minimum Gasteiger partial charge on any atom is -0.493 e. The number of aromatic nitrogens is 1. The highest BCUT2D eigenvalue weighted by Crippen LogP contribution is 2.49. The van der Waals surface area contributed by atoms with E-state index in [4.69, 9.17) is 18.9 Å². The van der Waals surface area contributed by atoms with Gasteiger partial charge in [0.1, 0.15) is 0 Å². The molecular formula is C30H26NO4+. The van der Waals surface area contributed by atoms with E-state index >= 15 is 0 Å². The Bertz CT molecular complexity index is 1660. The lowest BCUT2D eigenvalue weighted by Gasteiger charge is -2.22. The van der Waals surface area contributed by atoms with Crippen LogP contribution < -0.4 is 23.5 Å². The Morgan fingerprint density at radius 1 is 0.886 bits per heavy atom. The van der Waals surface area contributed by atoms with Crippen LogP contribution in [0.5, 0.6) is 23.0 Å². The summed E-state index contributed by atoms with van der Waals surface area (Å²) in [4.78, 5) is 0. The molecule has 35 heavy (non-hydrogen) atoms. The number of ether oxygens (including phenoxy) is 4. The molecule has 2 aliphatic rings. The number of methoxy groups -OCH3 is 2. The summed E-state index contributed by atoms with van der Waals surface area (Å²) in [5.41, 5.74) is 5.08. The van der Waals surface area contributed by atoms with Gasteiger partial charge in [0.15, 0.2) is 35.7 Å². The van der Waals surface area contributed by atoms with Crippen LogP contribution in [0, 0.1) is 0 Å². The van der Waals surface area contributed by atoms with Gasteiger partial charge in [0.2, 0.25) is 12.3 Å². The molecule has 4 aromatic carbocycles. The van der Waals surface area contributed by atoms with Gasteiger partial charge < -0.3 is 18.9 Å². The molecule has 1 unspecified atom stereocenters. The lowest BCUT2D eigenvalue weighted by atomic mass is 9.84. The molecule has 0 radical (unpaired) electrons. The molecule has 2 aliphatic heterocycles. The molecule has 7 rings (SSSR count). The first-order chi connectivity index (χ1) is 17.2. The largest absolute Gasteiger partial charge is 0.493 e. The van der Waals surface area contributed by atoms with E-state index in [1.165, 1.54) is 38.4 Å². The lowest BCUT2D eigenvalue weighted by molar-refractivity contribution is -0.670. The maximum absolute atomic E-state index is 6.09. The third kappa shape index (κ3) is 2.78. The predicted octanol–water partition coefficient (Wildman–Crippen LogP) is 5.89. The topological polar surface area (TPSA) is 40.8 Å². The van der Waals surface area contributed by atoms with Gasteiger partial charge in [-0.2, -0.15) is 4.57 Å². The fourth-order valence-corrected chi connectivity index (χ4v) is 5.99. The summed E-state index contributed by atoms with van der Waals surface area (Å²) in [6.45, 7) is 3.43. The van der Waals surface area contributed by atoms with Crippen molar-refractivity contribution in [2.75, 3.05) is 21.0 Å². The van der Waals surface area contributed by atoms with E-state index in [0.717, 1.165) is 46.7 Å². The number of hydrogen-bond acceptors (Lipinski definition) is 4. The molecule has 0 aliphatic carbocycles. The molecule has 0 amide bonds. The highest BCUT2D eigenvalue weighted by Gasteiger charge is 2.32. The molecule has 1 atom stereocenters. The number of nitrogens with zero attached hydrogens (tertiary/aromatic N) is 1. The summed E-state index contributed by atoms with van der Waals surface area (Å²) in [5.74, 6) is 3.41. The minimum absolute atomic E-state index is 0.176. The van der Waals surface area contributed by atoms with Gasteiger partial charge in [-0.3, -0.25) is 0 Å². The Morgan fingerprint density at radius 2 is 1.74 bits per heavy atom. The third-order valence-electron chi connectivity index (χ3n) is 7.66. The maximum Gasteiger partial charge on any atom is 0.231 e. The third-order valence-corrected chi connectivity index (χ3v) is 7.66. The second kappa shape index (κ2) is 7.51. The van der Waals surface area contributed by atoms with Gasteiger partial charge in [-0.25, -0.2) is 0 Å². The standard InChI is InChI=1S/C30H26NO4/c1-17(18-7-5-4-6-8-18)21-14-22-20-9-10-24(32-2)29(33-3)23(20)15-31-12-11-19-13-25-30(35-16-34-25)27(21)26(19)28(22)31/h4-10,13-15,17H,11-12,16H2,1-3H3/q+1. The molecule has 0 spiro atoms. The van der Waals surface area contributed by atoms with E-state index in [0.29, 0.717) is 0 Å². The van der Waals surface area contributed by atoms with Crippen LogP contribution >= 0.6 is 0 Å². The SMILES string of the molecule is COc1ccc2c(c[n+]3c4c2cc(C(C)c2ccccc2)c2c5c(cc(c24)CC3)OCO5)c1OC. The molecule has 0 N–H and O–H groups in total. The quantitative estimate of drug-likeness (QED) is 0.246. The molecule has 5 heteroatoms. The van der Waals surface area contributed by atoms with Crippen molar-refractivity contribution in [2.24, 2.45) is 0 Å². The summed E-state index contributed by atoms with van der Waals surface area (Å²) in [5, 5.41) is 5.87. The summed E-state index contributed by atoms with van der Waals surface area (Å²) in [7, 11) is 3.39. The molecule has 5 nitrogen and oxygen atoms in total. The molecule has 0 bridgehead atoms. The normalized spacial score (nSPS) is 14.7. The average Bonchev–Trinajstić information content (AvgIpc) is 3.38. The van der Waals surface area contributed by atoms with Gasteiger partial charge in [0.25, 0.3) is 0 Å². The zero-order chi connectivity index (χ0) is 23.7. The minimum atomic E-state index is 0.176. The van der Waals surface area contributed by atoms with E-state index in [2.05, 4.69) is 66.2 Å². The van der Waals surface area contributed by atoms with Gasteiger partial charge in [-0.1, -0.05) is 37.3 Å². The highest BCUT2D eigenvalue weighted by atomic mass is 16.7. The summed E-state index contributed by atoms with van der Waals surface area (Å²) in [6, 6.07) is 19.4. The number of benzene rings is 4. The van der Waals surface area contributed by atoms with Crippen LogP contribution in [0.25, 0.3) is 32.4 Å². The van der Waals surface area contributed by atoms with Gasteiger partial charge in [0.05, 0.1) is 30.4 Å². The first kappa shape index (κ1) is 20.4. The Balaban J connectivity index is 1.68. The maximum atomic E-state index is 6.09. The summed E-state index contributed by atoms with van der Waals surface area (Å²) < 4.78 is 25.8. The van der Waals surface area contributed by atoms with Crippen molar-refractivity contribution < 1.29 is 23.5 Å². The first-order valence-electron chi connectivity index (χ1n) is 12.0. The summed E-state index contributed by atoms with van der Waals surface area (Å²) in [6.07, 6.45) is 3.15. The van der Waals surface area contributed by atoms with E-state index in [1.54, 1.807) is 14.2 Å². The Labute approximate surface area is 203 Å². The van der Waals surface area contributed by atoms with E-state index in [9.17, 15) is 0 Å². The van der Waals surface area contributed by atoms with Crippen molar-refractivity contribution in [1.29, 1.82) is 0 Å². The van der Waals surface area contributed by atoms with Gasteiger partial charge >= 0.3 is 0 Å². The van der Waals surface area contributed by atoms with E-state index in [1.807, 2.05) is 6.07 Å². The van der Waals surface area contributed by atoms with Crippen molar-refractivity contribution in [3.8, 4) is 23.0 Å². The smallest absolute Gasteiger partial charge is 0.231 e. The monoisotopic (exact) mass is 464 g/mol. The number of fused-ring (bicyclic) bond motifs is 4. The zero-order valence-corrected chi connectivity index (χ0v) is 20.1. The molecule has 5 aromatic rings. The van der Waals surface area contributed by atoms with Crippen LogP contribution in [0.2, 0.25) is 0 Å². The van der Waals surface area contributed by atoms with Crippen molar-refractivity contribution in [3.05, 3.63) is 77.5 Å². The zero-order valence-electron chi connectivity index (χ0n) is 20.1. The summed E-state index contributed by atoms with van der Waals surface area (Å²) >= 11 is 0. The van der Waals surface area contributed by atoms with E-state index < -0.39 is 0 Å². The van der Waals surface area contributed by atoms with Crippen LogP contribution in [0.15, 0.2) is 60.8 Å². The number of aryl methyl sites for hydroxylation is 2. The van der Waals surface area contributed by atoms with E-state index in [-0.39, 0.29) is 12.7 Å². The van der Waals surface area contributed by atoms with Crippen molar-refractivity contribution >= 4 is 32.4 Å². The molecule has 1 aromatic heterocycles. The Hall–Kier alpha value is -3.99. The van der Waals surface area contributed by atoms with Crippen LogP contribution in [0.1, 0.15) is 29.5 Å². The van der Waals surface area contributed by atoms with Crippen LogP contribution in [-0.2, 0) is 13.0 Å². The Morgan fingerprint density at radius 3 is 2.54 bits per heavy atom. The van der Waals surface area contributed by atoms with Crippen LogP contribution in [0.4, 0.5) is 0 Å². The van der Waals surface area contributed by atoms with Crippen molar-refractivity contribution in [1.82, 2.24) is 0 Å². The molecular weight excluding hydrogens is 438 g/mol. The molecule has 3 heterocycles. The Kier molecular flexibility index (Phi) is 4.37. The molecule has 0 saturated carbocycles. The second-order valence-corrected chi connectivity index (χ2v) is 9.35.